The number of rotatable bonds is 4. The van der Waals surface area contributed by atoms with Crippen LogP contribution < -0.4 is 4.74 Å². The van der Waals surface area contributed by atoms with Gasteiger partial charge in [-0.1, -0.05) is 30.3 Å². The molecule has 2 aromatic carbocycles. The Balaban J connectivity index is 1.86. The molecule has 0 atom stereocenters. The van der Waals surface area contributed by atoms with Crippen LogP contribution in [0, 0.1) is 11.3 Å². The van der Waals surface area contributed by atoms with E-state index >= 15 is 0 Å². The van der Waals surface area contributed by atoms with E-state index in [2.05, 4.69) is 6.08 Å². The number of aromatic nitrogens is 1. The van der Waals surface area contributed by atoms with Gasteiger partial charge in [0.05, 0.1) is 23.9 Å². The molecule has 1 aromatic heterocycles. The van der Waals surface area contributed by atoms with Crippen molar-refractivity contribution in [1.29, 1.82) is 5.26 Å². The number of hydrogen-bond acceptors (Lipinski definition) is 5. The number of methoxy groups -OCH3 is 1. The Morgan fingerprint density at radius 3 is 2.72 bits per heavy atom. The van der Waals surface area contributed by atoms with Gasteiger partial charge in [0, 0.05) is 5.39 Å². The lowest BCUT2D eigenvalue weighted by molar-refractivity contribution is 0.0556. The molecule has 0 spiro atoms. The van der Waals surface area contributed by atoms with E-state index in [1.807, 2.05) is 54.6 Å². The van der Waals surface area contributed by atoms with Crippen LogP contribution in [0.5, 0.6) is 5.75 Å². The van der Waals surface area contributed by atoms with Gasteiger partial charge >= 0.3 is 5.97 Å². The average molecular weight is 384 g/mol. The molecule has 0 fully saturated rings. The third kappa shape index (κ3) is 3.70. The maximum absolute atomic E-state index is 12.8. The van der Waals surface area contributed by atoms with Crippen molar-refractivity contribution < 1.29 is 14.3 Å². The topological polar surface area (TPSA) is 72.2 Å². The molecular formula is C24H20N2O3. The Morgan fingerprint density at radius 1 is 1.17 bits per heavy atom. The number of nitriles is 1. The zero-order valence-electron chi connectivity index (χ0n) is 16.1. The smallest absolute Gasteiger partial charge is 0.340 e. The van der Waals surface area contributed by atoms with E-state index in [9.17, 15) is 4.79 Å². The van der Waals surface area contributed by atoms with Crippen molar-refractivity contribution in [3.63, 3.8) is 0 Å². The zero-order chi connectivity index (χ0) is 20.2. The highest BCUT2D eigenvalue weighted by Gasteiger charge is 2.25. The molecule has 144 valence electrons. The normalized spacial score (nSPS) is 14.3. The number of carbonyl (C=O) groups is 1. The molecule has 5 nitrogen and oxygen atoms in total. The number of fused-ring (bicyclic) bond motifs is 2. The summed E-state index contributed by atoms with van der Waals surface area (Å²) in [7, 11) is 1.65. The van der Waals surface area contributed by atoms with E-state index < -0.39 is 5.97 Å². The van der Waals surface area contributed by atoms with Gasteiger partial charge in [-0.25, -0.2) is 9.78 Å². The third-order valence-corrected chi connectivity index (χ3v) is 5.10. The second-order valence-corrected chi connectivity index (χ2v) is 6.86. The van der Waals surface area contributed by atoms with Crippen LogP contribution in [0.2, 0.25) is 0 Å². The van der Waals surface area contributed by atoms with Crippen LogP contribution in [0.25, 0.3) is 22.6 Å². The summed E-state index contributed by atoms with van der Waals surface area (Å²) in [6.07, 6.45) is 4.68. The lowest BCUT2D eigenvalue weighted by Crippen LogP contribution is -2.15. The van der Waals surface area contributed by atoms with Gasteiger partial charge in [-0.2, -0.15) is 5.26 Å². The highest BCUT2D eigenvalue weighted by atomic mass is 16.5. The van der Waals surface area contributed by atoms with Gasteiger partial charge < -0.3 is 9.47 Å². The summed E-state index contributed by atoms with van der Waals surface area (Å²) in [5.41, 5.74) is 5.17. The number of esters is 1. The highest BCUT2D eigenvalue weighted by Crippen LogP contribution is 2.36. The van der Waals surface area contributed by atoms with Crippen LogP contribution in [0.3, 0.4) is 0 Å². The number of para-hydroxylation sites is 1. The average Bonchev–Trinajstić information content (AvgIpc) is 2.76. The Hall–Kier alpha value is -3.65. The summed E-state index contributed by atoms with van der Waals surface area (Å²) < 4.78 is 10.4. The van der Waals surface area contributed by atoms with Gasteiger partial charge in [-0.05, 0) is 60.2 Å². The van der Waals surface area contributed by atoms with Crippen LogP contribution in [-0.2, 0) is 11.2 Å². The molecule has 1 aliphatic rings. The number of nitrogens with zero attached hydrogens (tertiary/aromatic N) is 2. The molecular weight excluding hydrogens is 364 g/mol. The molecule has 3 aromatic rings. The number of pyridine rings is 1. The molecule has 0 bridgehead atoms. The van der Waals surface area contributed by atoms with Crippen molar-refractivity contribution >= 4 is 28.5 Å². The minimum Gasteiger partial charge on any atom is -0.497 e. The van der Waals surface area contributed by atoms with E-state index in [-0.39, 0.29) is 6.61 Å². The molecule has 1 heterocycles. The van der Waals surface area contributed by atoms with Crippen LogP contribution in [0.1, 0.15) is 40.0 Å². The van der Waals surface area contributed by atoms with Crippen molar-refractivity contribution in [1.82, 2.24) is 4.98 Å². The molecule has 4 rings (SSSR count). The second-order valence-electron chi connectivity index (χ2n) is 6.86. The van der Waals surface area contributed by atoms with Gasteiger partial charge in [0.1, 0.15) is 11.8 Å². The van der Waals surface area contributed by atoms with Crippen molar-refractivity contribution in [3.8, 4) is 11.8 Å². The summed E-state index contributed by atoms with van der Waals surface area (Å²) in [5, 5.41) is 9.56. The number of allylic oxidation sites excluding steroid dienone is 1. The Morgan fingerprint density at radius 2 is 1.97 bits per heavy atom. The van der Waals surface area contributed by atoms with Crippen molar-refractivity contribution in [2.24, 2.45) is 0 Å². The molecule has 0 N–H and O–H groups in total. The highest BCUT2D eigenvalue weighted by molar-refractivity contribution is 6.06. The van der Waals surface area contributed by atoms with E-state index in [0.717, 1.165) is 58.3 Å². The quantitative estimate of drug-likeness (QED) is 0.604. The predicted octanol–water partition coefficient (Wildman–Crippen LogP) is 4.80. The third-order valence-electron chi connectivity index (χ3n) is 5.10. The number of ether oxygens (including phenoxy) is 2. The number of hydrogen-bond donors (Lipinski definition) is 0. The Bertz CT molecular complexity index is 1140. The van der Waals surface area contributed by atoms with Gasteiger partial charge in [0.15, 0.2) is 6.61 Å². The van der Waals surface area contributed by atoms with Crippen molar-refractivity contribution in [2.45, 2.75) is 19.3 Å². The van der Waals surface area contributed by atoms with Crippen molar-refractivity contribution in [3.05, 3.63) is 70.9 Å². The summed E-state index contributed by atoms with van der Waals surface area (Å²) in [6, 6.07) is 17.3. The Labute approximate surface area is 169 Å². The van der Waals surface area contributed by atoms with E-state index in [4.69, 9.17) is 19.7 Å². The Kier molecular flexibility index (Phi) is 5.26. The molecule has 0 unspecified atom stereocenters. The minimum absolute atomic E-state index is 0.265. The fourth-order valence-corrected chi connectivity index (χ4v) is 3.78. The summed E-state index contributed by atoms with van der Waals surface area (Å²) in [5.74, 6) is 0.343. The monoisotopic (exact) mass is 384 g/mol. The maximum atomic E-state index is 12.8. The first-order valence-corrected chi connectivity index (χ1v) is 9.52. The summed E-state index contributed by atoms with van der Waals surface area (Å²) in [4.78, 5) is 17.7. The molecule has 1 aliphatic carbocycles. The van der Waals surface area contributed by atoms with E-state index in [0.29, 0.717) is 5.56 Å². The first-order valence-electron chi connectivity index (χ1n) is 9.52. The van der Waals surface area contributed by atoms with E-state index in [1.54, 1.807) is 7.11 Å². The molecule has 5 heteroatoms. The standard InChI is InChI=1S/C24H20N2O3/c1-28-18-11-9-16(10-12-18)15-17-5-4-7-20-22(24(27)29-14-13-25)19-6-2-3-8-21(19)26-23(17)20/h2-3,6,8-12,15H,4-5,7,14H2,1H3. The minimum atomic E-state index is -0.466. The zero-order valence-corrected chi connectivity index (χ0v) is 16.1. The van der Waals surface area contributed by atoms with E-state index in [1.165, 1.54) is 0 Å². The van der Waals surface area contributed by atoms with Gasteiger partial charge in [0.25, 0.3) is 0 Å². The summed E-state index contributed by atoms with van der Waals surface area (Å²) in [6.45, 7) is -0.265. The number of benzene rings is 2. The SMILES string of the molecule is COc1ccc(C=C2CCCc3c2nc2ccccc2c3C(=O)OCC#N)cc1. The fourth-order valence-electron chi connectivity index (χ4n) is 3.78. The first-order chi connectivity index (χ1) is 14.2. The molecule has 0 aliphatic heterocycles. The van der Waals surface area contributed by atoms with Crippen LogP contribution in [0.4, 0.5) is 0 Å². The lowest BCUT2D eigenvalue weighted by atomic mass is 9.86. The van der Waals surface area contributed by atoms with Crippen LogP contribution in [0.15, 0.2) is 48.5 Å². The fraction of sp³-hybridized carbons (Fsp3) is 0.208. The lowest BCUT2D eigenvalue weighted by Gasteiger charge is -2.22. The van der Waals surface area contributed by atoms with Gasteiger partial charge in [-0.3, -0.25) is 0 Å². The van der Waals surface area contributed by atoms with Crippen molar-refractivity contribution in [2.75, 3.05) is 13.7 Å². The summed E-state index contributed by atoms with van der Waals surface area (Å²) >= 11 is 0. The second kappa shape index (κ2) is 8.15. The molecule has 0 radical (unpaired) electrons. The van der Waals surface area contributed by atoms with Crippen LogP contribution >= 0.6 is 0 Å². The number of carbonyl (C=O) groups excluding carboxylic acids is 1. The molecule has 29 heavy (non-hydrogen) atoms. The maximum Gasteiger partial charge on any atom is 0.340 e. The predicted molar refractivity (Wildman–Crippen MR) is 111 cm³/mol. The largest absolute Gasteiger partial charge is 0.497 e. The van der Waals surface area contributed by atoms with Crippen LogP contribution in [-0.4, -0.2) is 24.7 Å². The van der Waals surface area contributed by atoms with Gasteiger partial charge in [0.2, 0.25) is 0 Å². The molecule has 0 saturated heterocycles. The molecule has 0 saturated carbocycles. The van der Waals surface area contributed by atoms with Gasteiger partial charge in [-0.15, -0.1) is 0 Å². The first kappa shape index (κ1) is 18.7. The molecule has 0 amide bonds.